The first-order valence-electron chi connectivity index (χ1n) is 13.8. The predicted octanol–water partition coefficient (Wildman–Crippen LogP) is 4.16. The number of nitrogens with zero attached hydrogens (tertiary/aromatic N) is 2. The van der Waals surface area contributed by atoms with Crippen LogP contribution in [0, 0.1) is 6.92 Å². The zero-order valence-corrected chi connectivity index (χ0v) is 24.2. The molecule has 0 atom stereocenters. The van der Waals surface area contributed by atoms with Gasteiger partial charge in [0, 0.05) is 11.8 Å². The molecule has 1 fully saturated rings. The molecule has 0 saturated heterocycles. The van der Waals surface area contributed by atoms with Gasteiger partial charge in [-0.05, 0) is 61.1 Å². The van der Waals surface area contributed by atoms with Gasteiger partial charge < -0.3 is 20.8 Å². The van der Waals surface area contributed by atoms with Crippen LogP contribution in [0.3, 0.4) is 0 Å². The molecule has 0 unspecified atom stereocenters. The minimum absolute atomic E-state index is 0.00459. The van der Waals surface area contributed by atoms with Crippen molar-refractivity contribution in [2.24, 2.45) is 5.73 Å². The second-order valence-corrected chi connectivity index (χ2v) is 12.6. The van der Waals surface area contributed by atoms with Crippen LogP contribution in [0.15, 0.2) is 71.6 Å². The van der Waals surface area contributed by atoms with Crippen LogP contribution in [0.5, 0.6) is 5.75 Å². The molecule has 4 rings (SSSR count). The molecule has 222 valence electrons. The number of hydrogen-bond donors (Lipinski definition) is 3. The highest BCUT2D eigenvalue weighted by atomic mass is 32.2. The van der Waals surface area contributed by atoms with Crippen LogP contribution in [-0.4, -0.2) is 53.8 Å². The van der Waals surface area contributed by atoms with Gasteiger partial charge in [0.05, 0.1) is 24.5 Å². The number of anilines is 1. The van der Waals surface area contributed by atoms with E-state index in [1.54, 1.807) is 19.1 Å². The summed E-state index contributed by atoms with van der Waals surface area (Å²) in [5.74, 6) is -3.04. The number of carbonyl (C=O) groups excluding carboxylic acids is 2. The quantitative estimate of drug-likeness (QED) is 0.301. The van der Waals surface area contributed by atoms with Crippen LogP contribution in [0.1, 0.15) is 65.1 Å². The first kappa shape index (κ1) is 30.7. The Bertz CT molecular complexity index is 1550. The van der Waals surface area contributed by atoms with Crippen LogP contribution in [0.25, 0.3) is 0 Å². The van der Waals surface area contributed by atoms with Gasteiger partial charge in [0.15, 0.2) is 0 Å². The molecule has 3 aromatic carbocycles. The number of aromatic hydroxyl groups is 1. The van der Waals surface area contributed by atoms with Gasteiger partial charge in [0.1, 0.15) is 11.3 Å². The Balaban J connectivity index is 1.66. The standard InChI is InChI=1S/C31H35N3O7S/c1-21-7-14-26(15-8-21)42(40,41)33(19-29(32)36)20-30(37)34(25-13-16-27(31(38)39)28(35)17-25)18-22-9-11-24(12-10-22)23-5-3-2-4-6-23/h7-17,23,35H,2-6,18-20H2,1H3,(H2,32,36)(H,38,39). The number of aryl methyl sites for hydroxylation is 1. The monoisotopic (exact) mass is 593 g/mol. The summed E-state index contributed by atoms with van der Waals surface area (Å²) >= 11 is 0. The van der Waals surface area contributed by atoms with Crippen molar-refractivity contribution in [1.82, 2.24) is 4.31 Å². The maximum absolute atomic E-state index is 13.8. The smallest absolute Gasteiger partial charge is 0.339 e. The average molecular weight is 594 g/mol. The van der Waals surface area contributed by atoms with E-state index >= 15 is 0 Å². The molecule has 0 spiro atoms. The third-order valence-corrected chi connectivity index (χ3v) is 9.33. The summed E-state index contributed by atoms with van der Waals surface area (Å²) in [5, 5.41) is 19.7. The van der Waals surface area contributed by atoms with Crippen molar-refractivity contribution < 1.29 is 33.0 Å². The van der Waals surface area contributed by atoms with E-state index in [1.165, 1.54) is 54.0 Å². The molecule has 11 heteroatoms. The van der Waals surface area contributed by atoms with Crippen molar-refractivity contribution >= 4 is 33.5 Å². The fraction of sp³-hybridized carbons (Fsp3) is 0.323. The molecule has 2 amide bonds. The van der Waals surface area contributed by atoms with E-state index in [-0.39, 0.29) is 22.7 Å². The second kappa shape index (κ2) is 13.2. The Labute approximate surface area is 245 Å². The van der Waals surface area contributed by atoms with Gasteiger partial charge in [-0.25, -0.2) is 13.2 Å². The van der Waals surface area contributed by atoms with E-state index in [2.05, 4.69) is 0 Å². The van der Waals surface area contributed by atoms with E-state index in [9.17, 15) is 33.0 Å². The molecule has 0 aliphatic heterocycles. The number of carboxylic acids is 1. The Hall–Kier alpha value is -4.22. The fourth-order valence-electron chi connectivity index (χ4n) is 5.20. The summed E-state index contributed by atoms with van der Waals surface area (Å²) < 4.78 is 27.6. The van der Waals surface area contributed by atoms with E-state index in [4.69, 9.17) is 5.73 Å². The summed E-state index contributed by atoms with van der Waals surface area (Å²) in [6.07, 6.45) is 5.88. The maximum Gasteiger partial charge on any atom is 0.339 e. The number of carbonyl (C=O) groups is 3. The molecule has 0 aromatic heterocycles. The highest BCUT2D eigenvalue weighted by Gasteiger charge is 2.31. The predicted molar refractivity (Wildman–Crippen MR) is 158 cm³/mol. The zero-order chi connectivity index (χ0) is 30.4. The number of amides is 2. The molecule has 0 heterocycles. The molecule has 0 radical (unpaired) electrons. The summed E-state index contributed by atoms with van der Waals surface area (Å²) in [6.45, 7) is 0.353. The van der Waals surface area contributed by atoms with E-state index in [0.29, 0.717) is 10.2 Å². The lowest BCUT2D eigenvalue weighted by Gasteiger charge is -2.27. The molecular formula is C31H35N3O7S. The Morgan fingerprint density at radius 1 is 0.905 bits per heavy atom. The van der Waals surface area contributed by atoms with Crippen molar-refractivity contribution in [3.63, 3.8) is 0 Å². The molecule has 3 aromatic rings. The number of primary amides is 1. The van der Waals surface area contributed by atoms with Crippen LogP contribution in [0.4, 0.5) is 5.69 Å². The number of hydrogen-bond acceptors (Lipinski definition) is 6. The lowest BCUT2D eigenvalue weighted by molar-refractivity contribution is -0.120. The van der Waals surface area contributed by atoms with Crippen LogP contribution in [-0.2, 0) is 26.2 Å². The molecule has 42 heavy (non-hydrogen) atoms. The van der Waals surface area contributed by atoms with Crippen molar-refractivity contribution in [2.45, 2.75) is 56.4 Å². The maximum atomic E-state index is 13.8. The minimum Gasteiger partial charge on any atom is -0.507 e. The molecule has 4 N–H and O–H groups in total. The summed E-state index contributed by atoms with van der Waals surface area (Å²) in [7, 11) is -4.28. The number of carboxylic acid groups (broad SMARTS) is 1. The van der Waals surface area contributed by atoms with Gasteiger partial charge >= 0.3 is 5.97 Å². The molecular weight excluding hydrogens is 558 g/mol. The third kappa shape index (κ3) is 7.34. The van der Waals surface area contributed by atoms with Crippen LogP contribution in [0.2, 0.25) is 0 Å². The van der Waals surface area contributed by atoms with Gasteiger partial charge in [-0.15, -0.1) is 0 Å². The molecule has 1 saturated carbocycles. The first-order chi connectivity index (χ1) is 20.0. The number of rotatable bonds is 11. The normalized spacial score (nSPS) is 14.0. The van der Waals surface area contributed by atoms with Gasteiger partial charge in [0.25, 0.3) is 0 Å². The van der Waals surface area contributed by atoms with Crippen LogP contribution >= 0.6 is 0 Å². The van der Waals surface area contributed by atoms with Gasteiger partial charge in [0.2, 0.25) is 21.8 Å². The average Bonchev–Trinajstić information content (AvgIpc) is 2.96. The SMILES string of the molecule is Cc1ccc(S(=O)(=O)N(CC(N)=O)CC(=O)N(Cc2ccc(C3CCCCC3)cc2)c2ccc(C(=O)O)c(O)c2)cc1. The van der Waals surface area contributed by atoms with Crippen molar-refractivity contribution in [3.8, 4) is 5.75 Å². The van der Waals surface area contributed by atoms with Crippen molar-refractivity contribution in [3.05, 3.63) is 89.0 Å². The number of benzene rings is 3. The fourth-order valence-corrected chi connectivity index (χ4v) is 6.56. The minimum atomic E-state index is -4.28. The number of aromatic carboxylic acids is 1. The number of nitrogens with two attached hydrogens (primary N) is 1. The largest absolute Gasteiger partial charge is 0.507 e. The van der Waals surface area contributed by atoms with E-state index in [1.807, 2.05) is 24.3 Å². The lowest BCUT2D eigenvalue weighted by Crippen LogP contribution is -2.46. The van der Waals surface area contributed by atoms with E-state index < -0.39 is 46.6 Å². The Morgan fingerprint density at radius 2 is 1.55 bits per heavy atom. The summed E-state index contributed by atoms with van der Waals surface area (Å²) in [5.41, 5.74) is 7.96. The van der Waals surface area contributed by atoms with E-state index in [0.717, 1.165) is 30.0 Å². The first-order valence-corrected chi connectivity index (χ1v) is 15.2. The Morgan fingerprint density at radius 3 is 2.12 bits per heavy atom. The molecule has 10 nitrogen and oxygen atoms in total. The topological polar surface area (TPSA) is 158 Å². The van der Waals surface area contributed by atoms with Crippen molar-refractivity contribution in [2.75, 3.05) is 18.0 Å². The Kier molecular flexibility index (Phi) is 9.64. The van der Waals surface area contributed by atoms with Gasteiger partial charge in [-0.1, -0.05) is 61.2 Å². The third-order valence-electron chi connectivity index (χ3n) is 7.52. The highest BCUT2D eigenvalue weighted by molar-refractivity contribution is 7.89. The van der Waals surface area contributed by atoms with Gasteiger partial charge in [-0.3, -0.25) is 9.59 Å². The number of phenols is 1. The molecule has 0 bridgehead atoms. The second-order valence-electron chi connectivity index (χ2n) is 10.6. The molecule has 1 aliphatic carbocycles. The highest BCUT2D eigenvalue weighted by Crippen LogP contribution is 2.33. The van der Waals surface area contributed by atoms with Gasteiger partial charge in [-0.2, -0.15) is 4.31 Å². The molecule has 1 aliphatic rings. The number of sulfonamides is 1. The lowest BCUT2D eigenvalue weighted by atomic mass is 9.84. The van der Waals surface area contributed by atoms with Crippen LogP contribution < -0.4 is 10.6 Å². The van der Waals surface area contributed by atoms with Crippen molar-refractivity contribution in [1.29, 1.82) is 0 Å². The zero-order valence-electron chi connectivity index (χ0n) is 23.4. The summed E-state index contributed by atoms with van der Waals surface area (Å²) in [4.78, 5) is 38.2. The summed E-state index contributed by atoms with van der Waals surface area (Å²) in [6, 6.07) is 17.5.